The van der Waals surface area contributed by atoms with E-state index in [1.165, 1.54) is 0 Å². The highest BCUT2D eigenvalue weighted by Crippen LogP contribution is 2.12. The topological polar surface area (TPSA) is 99.1 Å². The first-order chi connectivity index (χ1) is 8.36. The van der Waals surface area contributed by atoms with E-state index >= 15 is 0 Å². The van der Waals surface area contributed by atoms with Gasteiger partial charge in [-0.3, -0.25) is 0 Å². The van der Waals surface area contributed by atoms with E-state index in [0.717, 1.165) is 19.8 Å². The number of methoxy groups -OCH3 is 1. The van der Waals surface area contributed by atoms with E-state index in [2.05, 4.69) is 5.32 Å². The molecule has 18 heavy (non-hydrogen) atoms. The lowest BCUT2D eigenvalue weighted by Gasteiger charge is -2.32. The number of nitrogens with one attached hydrogen (secondary N) is 1. The number of hydrogen-bond acceptors (Lipinski definition) is 4. The van der Waals surface area contributed by atoms with Crippen molar-refractivity contribution >= 4 is 12.0 Å². The van der Waals surface area contributed by atoms with Crippen LogP contribution in [-0.4, -0.2) is 65.6 Å². The molecule has 2 amide bonds. The molecule has 104 valence electrons. The van der Waals surface area contributed by atoms with E-state index in [-0.39, 0.29) is 18.7 Å². The number of aliphatic carboxylic acids is 1. The predicted octanol–water partition coefficient (Wildman–Crippen LogP) is -0.358. The number of urea groups is 1. The highest BCUT2D eigenvalue weighted by molar-refractivity contribution is 5.79. The van der Waals surface area contributed by atoms with Gasteiger partial charge >= 0.3 is 12.0 Å². The number of rotatable bonds is 4. The van der Waals surface area contributed by atoms with Gasteiger partial charge in [-0.15, -0.1) is 0 Å². The van der Waals surface area contributed by atoms with Gasteiger partial charge in [0.2, 0.25) is 0 Å². The van der Waals surface area contributed by atoms with Crippen molar-refractivity contribution in [1.82, 2.24) is 10.2 Å². The van der Waals surface area contributed by atoms with Crippen molar-refractivity contribution in [3.05, 3.63) is 0 Å². The molecule has 0 bridgehead atoms. The Bertz CT molecular complexity index is 311. The molecule has 1 rings (SSSR count). The second-order valence-electron chi connectivity index (χ2n) is 4.66. The van der Waals surface area contributed by atoms with Crippen LogP contribution in [0.5, 0.6) is 0 Å². The van der Waals surface area contributed by atoms with Crippen LogP contribution in [0.2, 0.25) is 0 Å². The van der Waals surface area contributed by atoms with Crippen molar-refractivity contribution in [1.29, 1.82) is 0 Å². The number of likely N-dealkylation sites (tertiary alicyclic amines) is 1. The van der Waals surface area contributed by atoms with Gasteiger partial charge in [0.1, 0.15) is 0 Å². The van der Waals surface area contributed by atoms with Crippen molar-refractivity contribution in [2.24, 2.45) is 0 Å². The van der Waals surface area contributed by atoms with E-state index < -0.39 is 11.6 Å². The van der Waals surface area contributed by atoms with Gasteiger partial charge in [0.05, 0.1) is 12.6 Å². The third-order valence-electron chi connectivity index (χ3n) is 3.11. The minimum Gasteiger partial charge on any atom is -0.479 e. The zero-order chi connectivity index (χ0) is 13.8. The molecule has 1 saturated heterocycles. The average molecular weight is 260 g/mol. The smallest absolute Gasteiger partial charge is 0.337 e. The summed E-state index contributed by atoms with van der Waals surface area (Å²) in [7, 11) is 1.64. The summed E-state index contributed by atoms with van der Waals surface area (Å²) in [5.41, 5.74) is -1.94. The molecule has 0 spiro atoms. The molecule has 1 fully saturated rings. The molecule has 3 N–H and O–H groups in total. The Balaban J connectivity index is 2.36. The van der Waals surface area contributed by atoms with Crippen molar-refractivity contribution in [2.75, 3.05) is 26.7 Å². The Morgan fingerprint density at radius 1 is 1.44 bits per heavy atom. The maximum Gasteiger partial charge on any atom is 0.337 e. The SMILES string of the molecule is COC1CCN(C(=O)NCC(C)(O)C(=O)O)CC1. The molecule has 0 aliphatic carbocycles. The number of nitrogens with zero attached hydrogens (tertiary/aromatic N) is 1. The third kappa shape index (κ3) is 3.85. The molecule has 1 unspecified atom stereocenters. The van der Waals surface area contributed by atoms with Gasteiger partial charge in [0.25, 0.3) is 0 Å². The fourth-order valence-electron chi connectivity index (χ4n) is 1.73. The molecule has 0 aromatic rings. The number of amides is 2. The summed E-state index contributed by atoms with van der Waals surface area (Å²) in [6.07, 6.45) is 1.70. The van der Waals surface area contributed by atoms with Gasteiger partial charge in [-0.25, -0.2) is 9.59 Å². The van der Waals surface area contributed by atoms with Crippen LogP contribution in [0, 0.1) is 0 Å². The minimum absolute atomic E-state index is 0.177. The first-order valence-corrected chi connectivity index (χ1v) is 5.88. The van der Waals surface area contributed by atoms with Crippen LogP contribution in [0.1, 0.15) is 19.8 Å². The fraction of sp³-hybridized carbons (Fsp3) is 0.818. The van der Waals surface area contributed by atoms with E-state index in [4.69, 9.17) is 9.84 Å². The summed E-state index contributed by atoms with van der Waals surface area (Å²) in [4.78, 5) is 24.0. The van der Waals surface area contributed by atoms with Crippen LogP contribution in [0.3, 0.4) is 0 Å². The van der Waals surface area contributed by atoms with E-state index in [1.54, 1.807) is 12.0 Å². The van der Waals surface area contributed by atoms with Crippen LogP contribution >= 0.6 is 0 Å². The van der Waals surface area contributed by atoms with Crippen molar-refractivity contribution in [3.8, 4) is 0 Å². The summed E-state index contributed by atoms with van der Waals surface area (Å²) >= 11 is 0. The highest BCUT2D eigenvalue weighted by atomic mass is 16.5. The Morgan fingerprint density at radius 3 is 2.44 bits per heavy atom. The monoisotopic (exact) mass is 260 g/mol. The number of piperidine rings is 1. The molecule has 1 heterocycles. The third-order valence-corrected chi connectivity index (χ3v) is 3.11. The Morgan fingerprint density at radius 2 is 2.00 bits per heavy atom. The summed E-state index contributed by atoms with van der Waals surface area (Å²) in [5, 5.41) is 20.6. The van der Waals surface area contributed by atoms with Crippen LogP contribution < -0.4 is 5.32 Å². The zero-order valence-corrected chi connectivity index (χ0v) is 10.7. The van der Waals surface area contributed by atoms with E-state index in [0.29, 0.717) is 13.1 Å². The molecular formula is C11H20N2O5. The lowest BCUT2D eigenvalue weighted by molar-refractivity contribution is -0.155. The first kappa shape index (κ1) is 14.7. The lowest BCUT2D eigenvalue weighted by atomic mass is 10.1. The Hall–Kier alpha value is -1.34. The van der Waals surface area contributed by atoms with Crippen LogP contribution in [0.25, 0.3) is 0 Å². The first-order valence-electron chi connectivity index (χ1n) is 5.88. The molecule has 1 atom stereocenters. The number of carbonyl (C=O) groups excluding carboxylic acids is 1. The quantitative estimate of drug-likeness (QED) is 0.641. The van der Waals surface area contributed by atoms with Gasteiger partial charge < -0.3 is 25.2 Å². The van der Waals surface area contributed by atoms with Crippen molar-refractivity contribution < 1.29 is 24.5 Å². The standard InChI is InChI=1S/C11H20N2O5/c1-11(17,9(14)15)7-12-10(16)13-5-3-8(18-2)4-6-13/h8,17H,3-7H2,1-2H3,(H,12,16)(H,14,15). The number of hydrogen-bond donors (Lipinski definition) is 3. The van der Waals surface area contributed by atoms with Gasteiger partial charge in [-0.05, 0) is 19.8 Å². The van der Waals surface area contributed by atoms with Crippen LogP contribution in [-0.2, 0) is 9.53 Å². The second-order valence-corrected chi connectivity index (χ2v) is 4.66. The molecule has 0 aromatic carbocycles. The van der Waals surface area contributed by atoms with Gasteiger partial charge in [0.15, 0.2) is 5.60 Å². The van der Waals surface area contributed by atoms with Crippen LogP contribution in [0.4, 0.5) is 4.79 Å². The van der Waals surface area contributed by atoms with Gasteiger partial charge in [-0.2, -0.15) is 0 Å². The Kier molecular flexibility index (Phi) is 4.92. The van der Waals surface area contributed by atoms with Crippen molar-refractivity contribution in [3.63, 3.8) is 0 Å². The average Bonchev–Trinajstić information content (AvgIpc) is 2.36. The number of ether oxygens (including phenoxy) is 1. The molecule has 0 radical (unpaired) electrons. The number of carboxylic acids is 1. The maximum atomic E-state index is 11.7. The van der Waals surface area contributed by atoms with Crippen LogP contribution in [0.15, 0.2) is 0 Å². The molecular weight excluding hydrogens is 240 g/mol. The molecule has 1 aliphatic heterocycles. The number of aliphatic hydroxyl groups is 1. The summed E-state index contributed by atoms with van der Waals surface area (Å²) in [6.45, 7) is 1.97. The van der Waals surface area contributed by atoms with E-state index in [1.807, 2.05) is 0 Å². The largest absolute Gasteiger partial charge is 0.479 e. The molecule has 0 aromatic heterocycles. The molecule has 7 heteroatoms. The second kappa shape index (κ2) is 6.01. The fourth-order valence-corrected chi connectivity index (χ4v) is 1.73. The summed E-state index contributed by atoms with van der Waals surface area (Å²) in [6, 6.07) is -0.355. The number of carbonyl (C=O) groups is 2. The van der Waals surface area contributed by atoms with E-state index in [9.17, 15) is 14.7 Å². The lowest BCUT2D eigenvalue weighted by Crippen LogP contribution is -2.52. The van der Waals surface area contributed by atoms with Crippen molar-refractivity contribution in [2.45, 2.75) is 31.5 Å². The minimum atomic E-state index is -1.94. The molecule has 7 nitrogen and oxygen atoms in total. The predicted molar refractivity (Wildman–Crippen MR) is 63.3 cm³/mol. The maximum absolute atomic E-state index is 11.7. The molecule has 0 saturated carbocycles. The zero-order valence-electron chi connectivity index (χ0n) is 10.7. The summed E-state index contributed by atoms with van der Waals surface area (Å²) < 4.78 is 5.19. The highest BCUT2D eigenvalue weighted by Gasteiger charge is 2.31. The number of carboxylic acid groups (broad SMARTS) is 1. The Labute approximate surface area is 106 Å². The molecule has 1 aliphatic rings. The summed E-state index contributed by atoms with van der Waals surface area (Å²) in [5.74, 6) is -1.36. The normalized spacial score (nSPS) is 20.3. The van der Waals surface area contributed by atoms with Gasteiger partial charge in [-0.1, -0.05) is 0 Å². The van der Waals surface area contributed by atoms with Gasteiger partial charge in [0, 0.05) is 20.2 Å².